The number of nitrogens with zero attached hydrogens (tertiary/aromatic N) is 4. The number of aliphatic hydroxyl groups is 1. The number of rotatable bonds is 4. The summed E-state index contributed by atoms with van der Waals surface area (Å²) >= 11 is 0. The summed E-state index contributed by atoms with van der Waals surface area (Å²) in [5, 5.41) is 14.2. The van der Waals surface area contributed by atoms with E-state index >= 15 is 0 Å². The fourth-order valence-electron chi connectivity index (χ4n) is 7.33. The van der Waals surface area contributed by atoms with E-state index in [1.807, 2.05) is 31.3 Å². The van der Waals surface area contributed by atoms with E-state index in [9.17, 15) is 9.90 Å². The third-order valence-electron chi connectivity index (χ3n) is 8.69. The van der Waals surface area contributed by atoms with Crippen molar-refractivity contribution in [3.05, 3.63) is 47.9 Å². The molecule has 2 aromatic rings. The lowest BCUT2D eigenvalue weighted by atomic mass is 9.52. The number of piperazine rings is 1. The van der Waals surface area contributed by atoms with Gasteiger partial charge in [0.2, 0.25) is 0 Å². The van der Waals surface area contributed by atoms with E-state index in [1.165, 1.54) is 0 Å². The molecule has 1 aliphatic heterocycles. The van der Waals surface area contributed by atoms with Gasteiger partial charge in [0.1, 0.15) is 11.5 Å². The number of hydrogen-bond donors (Lipinski definition) is 2. The van der Waals surface area contributed by atoms with E-state index in [1.54, 1.807) is 0 Å². The Morgan fingerprint density at radius 3 is 2.59 bits per heavy atom. The number of amides is 1. The Hall–Kier alpha value is -2.67. The van der Waals surface area contributed by atoms with E-state index < -0.39 is 5.60 Å². The van der Waals surface area contributed by atoms with Gasteiger partial charge in [-0.1, -0.05) is 6.07 Å². The van der Waals surface area contributed by atoms with Crippen molar-refractivity contribution in [2.45, 2.75) is 63.6 Å². The summed E-state index contributed by atoms with van der Waals surface area (Å²) in [5.41, 5.74) is 2.18. The fraction of sp³-hybridized carbons (Fsp3) is 0.593. The Morgan fingerprint density at radius 2 is 1.91 bits per heavy atom. The predicted octanol–water partition coefficient (Wildman–Crippen LogP) is 3.17. The molecule has 3 atom stereocenters. The fourth-order valence-corrected chi connectivity index (χ4v) is 7.33. The van der Waals surface area contributed by atoms with E-state index in [-0.39, 0.29) is 18.0 Å². The number of pyridine rings is 2. The first kappa shape index (κ1) is 21.8. The Morgan fingerprint density at radius 1 is 1.12 bits per heavy atom. The molecule has 0 radical (unpaired) electrons. The first-order valence-electron chi connectivity index (χ1n) is 12.8. The lowest BCUT2D eigenvalue weighted by molar-refractivity contribution is -0.136. The molecular weight excluding hydrogens is 426 g/mol. The van der Waals surface area contributed by atoms with Gasteiger partial charge >= 0.3 is 0 Å². The van der Waals surface area contributed by atoms with Crippen LogP contribution in [0.25, 0.3) is 0 Å². The van der Waals surface area contributed by atoms with Gasteiger partial charge in [-0.3, -0.25) is 9.78 Å². The van der Waals surface area contributed by atoms with Crippen LogP contribution in [0.3, 0.4) is 0 Å². The molecule has 1 amide bonds. The van der Waals surface area contributed by atoms with Crippen LogP contribution in [-0.4, -0.2) is 58.3 Å². The Bertz CT molecular complexity index is 1060. The van der Waals surface area contributed by atoms with Crippen molar-refractivity contribution in [2.75, 3.05) is 29.4 Å². The highest BCUT2D eigenvalue weighted by atomic mass is 16.3. The van der Waals surface area contributed by atoms with Gasteiger partial charge < -0.3 is 20.2 Å². The van der Waals surface area contributed by atoms with Crippen LogP contribution < -0.4 is 15.1 Å². The first-order valence-corrected chi connectivity index (χ1v) is 12.8. The molecule has 3 heterocycles. The summed E-state index contributed by atoms with van der Waals surface area (Å²) in [4.78, 5) is 27.1. The van der Waals surface area contributed by atoms with Gasteiger partial charge in [0, 0.05) is 37.4 Å². The molecule has 4 bridgehead atoms. The Balaban J connectivity index is 1.13. The molecule has 4 saturated carbocycles. The van der Waals surface area contributed by atoms with Crippen LogP contribution in [0.4, 0.5) is 11.5 Å². The highest BCUT2D eigenvalue weighted by Gasteiger charge is 2.55. The summed E-state index contributed by atoms with van der Waals surface area (Å²) < 4.78 is 0. The number of carbonyl (C=O) groups excluding carboxylic acids is 1. The number of carbonyl (C=O) groups is 1. The third-order valence-corrected chi connectivity index (χ3v) is 8.69. The predicted molar refractivity (Wildman–Crippen MR) is 132 cm³/mol. The Kier molecular flexibility index (Phi) is 5.28. The van der Waals surface area contributed by atoms with Crippen molar-refractivity contribution in [3.63, 3.8) is 0 Å². The molecule has 0 aromatic carbocycles. The molecule has 2 aromatic heterocycles. The average Bonchev–Trinajstić information content (AvgIpc) is 2.81. The molecule has 7 nitrogen and oxygen atoms in total. The van der Waals surface area contributed by atoms with Gasteiger partial charge in [0.05, 0.1) is 17.5 Å². The maximum absolute atomic E-state index is 13.2. The van der Waals surface area contributed by atoms with Crippen LogP contribution in [0, 0.1) is 24.7 Å². The van der Waals surface area contributed by atoms with Gasteiger partial charge in [0.25, 0.3) is 5.91 Å². The minimum atomic E-state index is -0.483. The number of aryl methyl sites for hydroxylation is 1. The molecule has 4 aliphatic carbocycles. The molecule has 1 saturated heterocycles. The quantitative estimate of drug-likeness (QED) is 0.728. The Labute approximate surface area is 201 Å². The average molecular weight is 462 g/mol. The SMILES string of the molecule is Cc1ccc(N2CCN(c3cccc(C(=O)NC4C5CC6CC4CC(O)(C6)C5)n3)[C@H](C)C2)cn1. The zero-order chi connectivity index (χ0) is 23.4. The standard InChI is InChI=1S/C27H35N5O2/c1-17-6-7-22(15-28-17)31-8-9-32(18(2)16-31)24-5-3-4-23(29-24)26(33)30-25-20-10-19-11-21(25)14-27(34,12-19)13-20/h3-7,15,18-21,25,34H,8-14,16H2,1-2H3,(H,30,33)/t18-,19?,20?,21?,25?,27?/m1/s1. The van der Waals surface area contributed by atoms with Crippen LogP contribution >= 0.6 is 0 Å². The monoisotopic (exact) mass is 461 g/mol. The van der Waals surface area contributed by atoms with Crippen molar-refractivity contribution in [1.29, 1.82) is 0 Å². The van der Waals surface area contributed by atoms with Crippen molar-refractivity contribution < 1.29 is 9.90 Å². The highest BCUT2D eigenvalue weighted by Crippen LogP contribution is 2.55. The number of hydrogen-bond acceptors (Lipinski definition) is 6. The van der Waals surface area contributed by atoms with Gasteiger partial charge in [-0.25, -0.2) is 4.98 Å². The largest absolute Gasteiger partial charge is 0.390 e. The van der Waals surface area contributed by atoms with Crippen LogP contribution in [0.15, 0.2) is 36.5 Å². The minimum Gasteiger partial charge on any atom is -0.390 e. The summed E-state index contributed by atoms with van der Waals surface area (Å²) in [5.74, 6) is 2.21. The third kappa shape index (κ3) is 3.94. The molecule has 2 unspecified atom stereocenters. The smallest absolute Gasteiger partial charge is 0.270 e. The summed E-state index contributed by atoms with van der Waals surface area (Å²) in [6, 6.07) is 10.4. The first-order chi connectivity index (χ1) is 16.4. The van der Waals surface area contributed by atoms with Crippen molar-refractivity contribution in [3.8, 4) is 0 Å². The topological polar surface area (TPSA) is 81.6 Å². The summed E-state index contributed by atoms with van der Waals surface area (Å²) in [6.45, 7) is 6.84. The van der Waals surface area contributed by atoms with Crippen LogP contribution in [-0.2, 0) is 0 Å². The highest BCUT2D eigenvalue weighted by molar-refractivity contribution is 5.93. The molecule has 2 N–H and O–H groups in total. The van der Waals surface area contributed by atoms with E-state index in [0.717, 1.165) is 68.9 Å². The molecule has 180 valence electrons. The minimum absolute atomic E-state index is 0.0802. The van der Waals surface area contributed by atoms with Gasteiger partial charge in [-0.15, -0.1) is 0 Å². The second kappa shape index (κ2) is 8.22. The zero-order valence-electron chi connectivity index (χ0n) is 20.2. The van der Waals surface area contributed by atoms with E-state index in [2.05, 4.69) is 39.2 Å². The molecule has 34 heavy (non-hydrogen) atoms. The molecule has 5 aliphatic rings. The van der Waals surface area contributed by atoms with E-state index in [4.69, 9.17) is 4.98 Å². The van der Waals surface area contributed by atoms with Crippen molar-refractivity contribution in [1.82, 2.24) is 15.3 Å². The zero-order valence-corrected chi connectivity index (χ0v) is 20.2. The van der Waals surface area contributed by atoms with Crippen molar-refractivity contribution in [2.24, 2.45) is 17.8 Å². The van der Waals surface area contributed by atoms with E-state index in [0.29, 0.717) is 23.4 Å². The number of anilines is 2. The van der Waals surface area contributed by atoms with Gasteiger partial charge in [-0.2, -0.15) is 0 Å². The van der Waals surface area contributed by atoms with Gasteiger partial charge in [0.15, 0.2) is 0 Å². The lowest BCUT2D eigenvalue weighted by Gasteiger charge is -2.58. The summed E-state index contributed by atoms with van der Waals surface area (Å²) in [6.07, 6.45) is 6.83. The van der Waals surface area contributed by atoms with Crippen LogP contribution in [0.2, 0.25) is 0 Å². The van der Waals surface area contributed by atoms with Crippen LogP contribution in [0.5, 0.6) is 0 Å². The molecule has 0 spiro atoms. The van der Waals surface area contributed by atoms with Gasteiger partial charge in [-0.05, 0) is 88.0 Å². The molecule has 5 fully saturated rings. The summed E-state index contributed by atoms with van der Waals surface area (Å²) in [7, 11) is 0. The van der Waals surface area contributed by atoms with Crippen molar-refractivity contribution >= 4 is 17.4 Å². The lowest BCUT2D eigenvalue weighted by Crippen LogP contribution is -2.61. The number of nitrogens with one attached hydrogen (secondary N) is 1. The normalized spacial score (nSPS) is 34.4. The van der Waals surface area contributed by atoms with Crippen LogP contribution in [0.1, 0.15) is 55.2 Å². The molecule has 7 heteroatoms. The second-order valence-corrected chi connectivity index (χ2v) is 11.2. The maximum atomic E-state index is 13.2. The molecular formula is C27H35N5O2. The maximum Gasteiger partial charge on any atom is 0.270 e. The molecule has 7 rings (SSSR count). The second-order valence-electron chi connectivity index (χ2n) is 11.2. The number of aromatic nitrogens is 2.